The van der Waals surface area contributed by atoms with Crippen LogP contribution in [0.25, 0.3) is 0 Å². The lowest BCUT2D eigenvalue weighted by atomic mass is 10.0. The standard InChI is InChI=1S/C29H43N3O5/c1-21-18-32(22(2)19-35-20-24-11-13-25(34-5)14-12-24)29(33)26-10-8-15-31-28(26)37-23(3)9-6-7-16-36-27(21)17-30-4/h8,10-15,21-23,27,30H,6-7,9,16-20H2,1-5H3/t21-,22+,23+,27+/m1/s1. The third kappa shape index (κ3) is 8.69. The summed E-state index contributed by atoms with van der Waals surface area (Å²) in [6.45, 7) is 8.98. The summed E-state index contributed by atoms with van der Waals surface area (Å²) in [5, 5.41) is 3.25. The number of aromatic nitrogens is 1. The second-order valence-electron chi connectivity index (χ2n) is 9.89. The van der Waals surface area contributed by atoms with E-state index in [1.807, 2.05) is 50.1 Å². The van der Waals surface area contributed by atoms with Gasteiger partial charge in [-0.25, -0.2) is 4.98 Å². The average Bonchev–Trinajstić information content (AvgIpc) is 2.90. The fourth-order valence-electron chi connectivity index (χ4n) is 4.50. The third-order valence-electron chi connectivity index (χ3n) is 6.76. The van der Waals surface area contributed by atoms with Gasteiger partial charge in [-0.3, -0.25) is 4.79 Å². The quantitative estimate of drug-likeness (QED) is 0.563. The SMILES string of the molecule is CNC[C@@H]1OCCCC[C@H](C)Oc2ncccc2C(=O)N([C@@H](C)COCc2ccc(OC)cc2)C[C@H]1C. The van der Waals surface area contributed by atoms with Crippen molar-refractivity contribution < 1.29 is 23.7 Å². The van der Waals surface area contributed by atoms with E-state index in [2.05, 4.69) is 17.2 Å². The van der Waals surface area contributed by atoms with Gasteiger partial charge in [0.2, 0.25) is 5.88 Å². The molecule has 0 aliphatic carbocycles. The Morgan fingerprint density at radius 3 is 2.70 bits per heavy atom. The molecule has 1 N–H and O–H groups in total. The Labute approximate surface area is 221 Å². The predicted octanol–water partition coefficient (Wildman–Crippen LogP) is 4.33. The maximum absolute atomic E-state index is 13.9. The molecule has 0 radical (unpaired) electrons. The first kappa shape index (κ1) is 28.9. The molecule has 0 fully saturated rings. The Morgan fingerprint density at radius 1 is 1.19 bits per heavy atom. The summed E-state index contributed by atoms with van der Waals surface area (Å²) in [5.41, 5.74) is 1.53. The summed E-state index contributed by atoms with van der Waals surface area (Å²) in [6, 6.07) is 11.2. The van der Waals surface area contributed by atoms with Crippen LogP contribution in [0.5, 0.6) is 11.6 Å². The van der Waals surface area contributed by atoms with Gasteiger partial charge in [0, 0.05) is 31.8 Å². The number of hydrogen-bond donors (Lipinski definition) is 1. The summed E-state index contributed by atoms with van der Waals surface area (Å²) in [6.07, 6.45) is 4.46. The molecule has 2 aromatic rings. The van der Waals surface area contributed by atoms with Crippen molar-refractivity contribution in [3.63, 3.8) is 0 Å². The molecule has 4 atom stereocenters. The van der Waals surface area contributed by atoms with Crippen LogP contribution in [-0.2, 0) is 16.1 Å². The number of likely N-dealkylation sites (N-methyl/N-ethyl adjacent to an activating group) is 1. The highest BCUT2D eigenvalue weighted by Crippen LogP contribution is 2.23. The van der Waals surface area contributed by atoms with E-state index in [4.69, 9.17) is 18.9 Å². The highest BCUT2D eigenvalue weighted by molar-refractivity contribution is 5.96. The van der Waals surface area contributed by atoms with E-state index >= 15 is 0 Å². The van der Waals surface area contributed by atoms with Crippen molar-refractivity contribution in [2.75, 3.05) is 40.5 Å². The number of fused-ring (bicyclic) bond motifs is 1. The maximum Gasteiger partial charge on any atom is 0.259 e. The lowest BCUT2D eigenvalue weighted by Gasteiger charge is -2.35. The molecule has 1 aliphatic heterocycles. The van der Waals surface area contributed by atoms with Crippen LogP contribution in [0.15, 0.2) is 42.6 Å². The number of methoxy groups -OCH3 is 1. The van der Waals surface area contributed by atoms with Crippen molar-refractivity contribution in [1.82, 2.24) is 15.2 Å². The van der Waals surface area contributed by atoms with Crippen LogP contribution in [0.2, 0.25) is 0 Å². The smallest absolute Gasteiger partial charge is 0.259 e. The molecule has 1 aliphatic rings. The Morgan fingerprint density at radius 2 is 1.97 bits per heavy atom. The summed E-state index contributed by atoms with van der Waals surface area (Å²) < 4.78 is 23.7. The van der Waals surface area contributed by atoms with Crippen LogP contribution in [0.1, 0.15) is 56.0 Å². The molecule has 37 heavy (non-hydrogen) atoms. The highest BCUT2D eigenvalue weighted by Gasteiger charge is 2.30. The van der Waals surface area contributed by atoms with Gasteiger partial charge in [0.15, 0.2) is 0 Å². The van der Waals surface area contributed by atoms with E-state index < -0.39 is 0 Å². The van der Waals surface area contributed by atoms with Crippen molar-refractivity contribution in [1.29, 1.82) is 0 Å². The number of nitrogens with one attached hydrogen (secondary N) is 1. The van der Waals surface area contributed by atoms with Crippen molar-refractivity contribution in [3.8, 4) is 11.6 Å². The molecular formula is C29H43N3O5. The van der Waals surface area contributed by atoms with Gasteiger partial charge in [-0.2, -0.15) is 0 Å². The second-order valence-corrected chi connectivity index (χ2v) is 9.89. The topological polar surface area (TPSA) is 82.2 Å². The van der Waals surface area contributed by atoms with Gasteiger partial charge in [-0.1, -0.05) is 19.1 Å². The van der Waals surface area contributed by atoms with Crippen molar-refractivity contribution in [3.05, 3.63) is 53.7 Å². The largest absolute Gasteiger partial charge is 0.497 e. The molecule has 1 amide bonds. The molecule has 0 saturated heterocycles. The Kier molecular flexibility index (Phi) is 11.6. The minimum absolute atomic E-state index is 0.00213. The first-order valence-electron chi connectivity index (χ1n) is 13.3. The molecule has 1 aromatic heterocycles. The van der Waals surface area contributed by atoms with Gasteiger partial charge in [-0.15, -0.1) is 0 Å². The number of rotatable bonds is 8. The first-order valence-corrected chi connectivity index (χ1v) is 13.3. The lowest BCUT2D eigenvalue weighted by Crippen LogP contribution is -2.47. The monoisotopic (exact) mass is 513 g/mol. The van der Waals surface area contributed by atoms with E-state index in [0.29, 0.717) is 37.8 Å². The van der Waals surface area contributed by atoms with Gasteiger partial charge in [0.25, 0.3) is 5.91 Å². The predicted molar refractivity (Wildman–Crippen MR) is 144 cm³/mol. The van der Waals surface area contributed by atoms with Gasteiger partial charge in [0.1, 0.15) is 11.3 Å². The van der Waals surface area contributed by atoms with E-state index in [-0.39, 0.29) is 30.1 Å². The second kappa shape index (κ2) is 14.9. The van der Waals surface area contributed by atoms with Crippen LogP contribution in [-0.4, -0.2) is 74.5 Å². The summed E-state index contributed by atoms with van der Waals surface area (Å²) in [7, 11) is 3.58. The molecule has 0 spiro atoms. The minimum Gasteiger partial charge on any atom is -0.497 e. The van der Waals surface area contributed by atoms with E-state index in [0.717, 1.165) is 37.1 Å². The molecule has 0 bridgehead atoms. The van der Waals surface area contributed by atoms with Crippen LogP contribution in [0.3, 0.4) is 0 Å². The lowest BCUT2D eigenvalue weighted by molar-refractivity contribution is -0.00520. The number of carbonyl (C=O) groups excluding carboxylic acids is 1. The fourth-order valence-corrected chi connectivity index (χ4v) is 4.50. The summed E-state index contributed by atoms with van der Waals surface area (Å²) in [4.78, 5) is 20.2. The highest BCUT2D eigenvalue weighted by atomic mass is 16.5. The van der Waals surface area contributed by atoms with Crippen LogP contribution in [0, 0.1) is 5.92 Å². The van der Waals surface area contributed by atoms with Crippen molar-refractivity contribution >= 4 is 5.91 Å². The molecule has 2 heterocycles. The van der Waals surface area contributed by atoms with Gasteiger partial charge in [-0.05, 0) is 70.0 Å². The number of amides is 1. The number of pyridine rings is 1. The Hall–Kier alpha value is -2.68. The van der Waals surface area contributed by atoms with Crippen molar-refractivity contribution in [2.24, 2.45) is 5.92 Å². The van der Waals surface area contributed by atoms with Crippen LogP contribution < -0.4 is 14.8 Å². The molecular weight excluding hydrogens is 470 g/mol. The average molecular weight is 514 g/mol. The summed E-state index contributed by atoms with van der Waals surface area (Å²) in [5.74, 6) is 1.21. The van der Waals surface area contributed by atoms with E-state index in [9.17, 15) is 4.79 Å². The zero-order valence-electron chi connectivity index (χ0n) is 22.9. The molecule has 0 unspecified atom stereocenters. The number of ether oxygens (including phenoxy) is 4. The molecule has 0 saturated carbocycles. The zero-order valence-corrected chi connectivity index (χ0v) is 22.9. The first-order chi connectivity index (χ1) is 17.9. The Balaban J connectivity index is 1.80. The van der Waals surface area contributed by atoms with Gasteiger partial charge < -0.3 is 29.2 Å². The normalized spacial score (nSPS) is 22.5. The van der Waals surface area contributed by atoms with Gasteiger partial charge in [0.05, 0.1) is 38.6 Å². The molecule has 1 aromatic carbocycles. The number of benzene rings is 1. The maximum atomic E-state index is 13.9. The van der Waals surface area contributed by atoms with Crippen LogP contribution >= 0.6 is 0 Å². The Bertz CT molecular complexity index is 955. The molecule has 8 nitrogen and oxygen atoms in total. The molecule has 8 heteroatoms. The molecule has 204 valence electrons. The fraction of sp³-hybridized carbons (Fsp3) is 0.586. The zero-order chi connectivity index (χ0) is 26.6. The number of carbonyl (C=O) groups is 1. The van der Waals surface area contributed by atoms with Crippen LogP contribution in [0.4, 0.5) is 0 Å². The van der Waals surface area contributed by atoms with Gasteiger partial charge >= 0.3 is 0 Å². The number of hydrogen-bond acceptors (Lipinski definition) is 7. The third-order valence-corrected chi connectivity index (χ3v) is 6.76. The minimum atomic E-state index is -0.165. The van der Waals surface area contributed by atoms with E-state index in [1.54, 1.807) is 25.4 Å². The van der Waals surface area contributed by atoms with E-state index in [1.165, 1.54) is 0 Å². The van der Waals surface area contributed by atoms with Crippen molar-refractivity contribution in [2.45, 2.75) is 64.9 Å². The summed E-state index contributed by atoms with van der Waals surface area (Å²) >= 11 is 0. The molecule has 3 rings (SSSR count). The number of nitrogens with zero attached hydrogens (tertiary/aromatic N) is 2.